The predicted octanol–water partition coefficient (Wildman–Crippen LogP) is 6.12. The summed E-state index contributed by atoms with van der Waals surface area (Å²) in [6.45, 7) is 3.44. The number of nitrogens with two attached hydrogens (primary N) is 1. The zero-order valence-electron chi connectivity index (χ0n) is 22.1. The molecule has 4 rings (SSSR count). The molecule has 1 atom stereocenters. The van der Waals surface area contributed by atoms with Gasteiger partial charge in [-0.15, -0.1) is 0 Å². The molecule has 0 aliphatic heterocycles. The van der Waals surface area contributed by atoms with E-state index in [2.05, 4.69) is 15.5 Å². The van der Waals surface area contributed by atoms with Crippen LogP contribution in [0.15, 0.2) is 58.7 Å². The molecule has 0 radical (unpaired) electrons. The highest BCUT2D eigenvalue weighted by Gasteiger charge is 2.46. The van der Waals surface area contributed by atoms with Crippen molar-refractivity contribution in [1.29, 1.82) is 0 Å². The van der Waals surface area contributed by atoms with E-state index in [0.29, 0.717) is 32.6 Å². The van der Waals surface area contributed by atoms with Gasteiger partial charge in [0.05, 0.1) is 21.0 Å². The van der Waals surface area contributed by atoms with E-state index in [9.17, 15) is 22.8 Å². The predicted molar refractivity (Wildman–Crippen MR) is 146 cm³/mol. The van der Waals surface area contributed by atoms with Crippen molar-refractivity contribution in [3.05, 3.63) is 86.8 Å². The quantitative estimate of drug-likeness (QED) is 0.318. The first kappa shape index (κ1) is 30.1. The van der Waals surface area contributed by atoms with E-state index in [4.69, 9.17) is 38.2 Å². The fraction of sp³-hybridized carbons (Fsp3) is 0.286. The van der Waals surface area contributed by atoms with Crippen molar-refractivity contribution in [2.75, 3.05) is 7.05 Å². The minimum atomic E-state index is -4.95. The number of nitrogens with one attached hydrogen (secondary N) is 1. The van der Waals surface area contributed by atoms with Gasteiger partial charge in [-0.1, -0.05) is 72.6 Å². The molecule has 1 unspecified atom stereocenters. The number of alkyl halides is 3. The number of hydrogen-bond donors (Lipinski definition) is 2. The van der Waals surface area contributed by atoms with Crippen molar-refractivity contribution < 1.29 is 32.0 Å². The van der Waals surface area contributed by atoms with Crippen LogP contribution in [0.25, 0.3) is 11.3 Å². The Hall–Kier alpha value is -3.83. The van der Waals surface area contributed by atoms with Crippen molar-refractivity contribution in [2.45, 2.75) is 44.4 Å². The van der Waals surface area contributed by atoms with Crippen LogP contribution in [0, 0.1) is 0 Å². The molecule has 1 aromatic carbocycles. The van der Waals surface area contributed by atoms with E-state index in [-0.39, 0.29) is 30.4 Å². The highest BCUT2D eigenvalue weighted by Crippen LogP contribution is 2.43. The van der Waals surface area contributed by atoms with Gasteiger partial charge in [0.1, 0.15) is 18.1 Å². The maximum atomic E-state index is 14.4. The maximum absolute atomic E-state index is 14.4. The Morgan fingerprint density at radius 2 is 1.88 bits per heavy atom. The number of amides is 2. The maximum Gasteiger partial charge on any atom is 0.433 e. The minimum absolute atomic E-state index is 0.0788. The van der Waals surface area contributed by atoms with Crippen LogP contribution in [0.1, 0.15) is 48.8 Å². The van der Waals surface area contributed by atoms with E-state index >= 15 is 0 Å². The van der Waals surface area contributed by atoms with Crippen LogP contribution < -0.4 is 15.8 Å². The third kappa shape index (κ3) is 5.82. The number of pyridine rings is 1. The molecule has 216 valence electrons. The van der Waals surface area contributed by atoms with Gasteiger partial charge < -0.3 is 20.3 Å². The Morgan fingerprint density at radius 3 is 2.41 bits per heavy atom. The molecule has 2 heterocycles. The summed E-state index contributed by atoms with van der Waals surface area (Å²) in [5, 5.41) is 7.12. The molecular formula is C28H25Cl2F3N4O4. The van der Waals surface area contributed by atoms with E-state index in [1.807, 2.05) is 13.8 Å². The number of rotatable bonds is 8. The molecule has 41 heavy (non-hydrogen) atoms. The van der Waals surface area contributed by atoms with E-state index in [1.165, 1.54) is 31.3 Å². The Kier molecular flexibility index (Phi) is 8.51. The van der Waals surface area contributed by atoms with Crippen LogP contribution in [-0.4, -0.2) is 29.0 Å². The number of allylic oxidation sites excluding steroid dienone is 1. The highest BCUT2D eigenvalue weighted by atomic mass is 35.5. The zero-order valence-corrected chi connectivity index (χ0v) is 23.6. The number of hydrogen-bond acceptors (Lipinski definition) is 6. The van der Waals surface area contributed by atoms with Gasteiger partial charge in [0.15, 0.2) is 5.69 Å². The Balaban J connectivity index is 1.76. The number of ether oxygens (including phenoxy) is 1. The third-order valence-corrected chi connectivity index (χ3v) is 7.26. The monoisotopic (exact) mass is 608 g/mol. The zero-order chi connectivity index (χ0) is 30.1. The third-order valence-electron chi connectivity index (χ3n) is 6.63. The van der Waals surface area contributed by atoms with Gasteiger partial charge >= 0.3 is 6.18 Å². The summed E-state index contributed by atoms with van der Waals surface area (Å²) in [6.07, 6.45) is -1.42. The van der Waals surface area contributed by atoms with Crippen LogP contribution in [0.4, 0.5) is 13.2 Å². The van der Waals surface area contributed by atoms with Crippen LogP contribution in [0.5, 0.6) is 5.88 Å². The second kappa shape index (κ2) is 11.6. The number of likely N-dealkylation sites (N-methyl/N-ethyl adjacent to an activating group) is 1. The van der Waals surface area contributed by atoms with Gasteiger partial charge in [0, 0.05) is 35.7 Å². The topological polar surface area (TPSA) is 120 Å². The highest BCUT2D eigenvalue weighted by molar-refractivity contribution is 6.39. The SMILES string of the molecule is CNC(=O)C1(c2ccc(OCc3c(-c4c(Cl)cccc4Cl)noc3C(C)C)nc2C(F)(F)F)C=CC(C(N)=O)=CC1. The molecular weight excluding hydrogens is 584 g/mol. The fourth-order valence-corrected chi connectivity index (χ4v) is 5.19. The molecule has 0 fully saturated rings. The normalized spacial score (nSPS) is 17.0. The standard InChI is InChI=1S/C28H25Cl2F3N4O4/c1-14(2)23-16(22(37-41-23)21-18(29)5-4-6-19(21)30)13-40-20-8-7-17(24(36-20)28(31,32)33)27(26(39)35-3)11-9-15(10-12-27)25(34)38/h4-11,14H,12-13H2,1-3H3,(H2,34,38)(H,35,39). The average Bonchev–Trinajstić information content (AvgIpc) is 3.34. The molecule has 2 amide bonds. The van der Waals surface area contributed by atoms with E-state index < -0.39 is 34.7 Å². The van der Waals surface area contributed by atoms with Crippen LogP contribution >= 0.6 is 23.2 Å². The smallest absolute Gasteiger partial charge is 0.433 e. The molecule has 1 aliphatic carbocycles. The fourth-order valence-electron chi connectivity index (χ4n) is 4.61. The molecule has 8 nitrogen and oxygen atoms in total. The molecule has 0 spiro atoms. The minimum Gasteiger partial charge on any atom is -0.473 e. The van der Waals surface area contributed by atoms with Crippen molar-refractivity contribution in [2.24, 2.45) is 5.73 Å². The Labute approximate surface area is 243 Å². The van der Waals surface area contributed by atoms with Gasteiger partial charge in [-0.2, -0.15) is 13.2 Å². The lowest BCUT2D eigenvalue weighted by Crippen LogP contribution is -2.44. The number of halogens is 5. The summed E-state index contributed by atoms with van der Waals surface area (Å²) in [5.41, 5.74) is 2.98. The van der Waals surface area contributed by atoms with Crippen molar-refractivity contribution in [3.63, 3.8) is 0 Å². The molecule has 0 saturated heterocycles. The number of benzene rings is 1. The molecule has 3 aromatic rings. The van der Waals surface area contributed by atoms with Gasteiger partial charge in [0.25, 0.3) is 0 Å². The number of carbonyl (C=O) groups is 2. The van der Waals surface area contributed by atoms with E-state index in [1.54, 1.807) is 18.2 Å². The first-order valence-electron chi connectivity index (χ1n) is 12.4. The van der Waals surface area contributed by atoms with Crippen molar-refractivity contribution in [3.8, 4) is 17.1 Å². The lowest BCUT2D eigenvalue weighted by Gasteiger charge is -2.32. The van der Waals surface area contributed by atoms with Gasteiger partial charge in [-0.05, 0) is 18.6 Å². The summed E-state index contributed by atoms with van der Waals surface area (Å²) in [5.74, 6) is -1.56. The molecule has 2 aromatic heterocycles. The molecule has 3 N–H and O–H groups in total. The van der Waals surface area contributed by atoms with Gasteiger partial charge in [0.2, 0.25) is 17.7 Å². The lowest BCUT2D eigenvalue weighted by atomic mass is 9.72. The first-order valence-corrected chi connectivity index (χ1v) is 13.1. The summed E-state index contributed by atoms with van der Waals surface area (Å²) in [4.78, 5) is 28.3. The summed E-state index contributed by atoms with van der Waals surface area (Å²) in [6, 6.07) is 7.28. The Morgan fingerprint density at radius 1 is 1.20 bits per heavy atom. The van der Waals surface area contributed by atoms with Gasteiger partial charge in [-0.3, -0.25) is 9.59 Å². The van der Waals surface area contributed by atoms with E-state index in [0.717, 1.165) is 6.07 Å². The number of primary amides is 1. The van der Waals surface area contributed by atoms with Crippen LogP contribution in [0.2, 0.25) is 10.0 Å². The second-order valence-corrected chi connectivity index (χ2v) is 10.4. The summed E-state index contributed by atoms with van der Waals surface area (Å²) in [7, 11) is 1.30. The molecule has 0 bridgehead atoms. The molecule has 0 saturated carbocycles. The number of nitrogens with zero attached hydrogens (tertiary/aromatic N) is 2. The average molecular weight is 609 g/mol. The Bertz CT molecular complexity index is 1550. The number of aromatic nitrogens is 2. The van der Waals surface area contributed by atoms with Gasteiger partial charge in [-0.25, -0.2) is 4.98 Å². The largest absolute Gasteiger partial charge is 0.473 e. The van der Waals surface area contributed by atoms with Crippen LogP contribution in [0.3, 0.4) is 0 Å². The van der Waals surface area contributed by atoms with Crippen molar-refractivity contribution in [1.82, 2.24) is 15.5 Å². The first-order chi connectivity index (χ1) is 19.3. The molecule has 1 aliphatic rings. The van der Waals surface area contributed by atoms with Crippen LogP contribution in [-0.2, 0) is 27.8 Å². The summed E-state index contributed by atoms with van der Waals surface area (Å²) >= 11 is 12.7. The summed E-state index contributed by atoms with van der Waals surface area (Å²) < 4.78 is 54.4. The number of carbonyl (C=O) groups excluding carboxylic acids is 2. The second-order valence-electron chi connectivity index (χ2n) is 9.57. The lowest BCUT2D eigenvalue weighted by molar-refractivity contribution is -0.143. The molecule has 13 heteroatoms. The van der Waals surface area contributed by atoms with Crippen molar-refractivity contribution >= 4 is 35.0 Å².